The van der Waals surface area contributed by atoms with E-state index in [0.717, 1.165) is 11.6 Å². The van der Waals surface area contributed by atoms with Crippen LogP contribution in [0.3, 0.4) is 0 Å². The van der Waals surface area contributed by atoms with Crippen LogP contribution in [0.25, 0.3) is 6.08 Å². The molecule has 20 heavy (non-hydrogen) atoms. The van der Waals surface area contributed by atoms with Crippen LogP contribution in [0.5, 0.6) is 0 Å². The van der Waals surface area contributed by atoms with Crippen LogP contribution in [-0.2, 0) is 19.7 Å². The Kier molecular flexibility index (Phi) is 3.02. The Labute approximate surface area is 115 Å². The van der Waals surface area contributed by atoms with Gasteiger partial charge in [-0.05, 0) is 30.5 Å². The molecular weight excluding hydrogens is 260 g/mol. The van der Waals surface area contributed by atoms with Gasteiger partial charge < -0.3 is 15.2 Å². The molecule has 6 heteroatoms. The third kappa shape index (κ3) is 1.98. The number of carboxylic acids is 1. The second-order valence-electron chi connectivity index (χ2n) is 4.98. The van der Waals surface area contributed by atoms with E-state index in [2.05, 4.69) is 10.3 Å². The van der Waals surface area contributed by atoms with Crippen LogP contribution in [0.2, 0.25) is 0 Å². The number of aromatic nitrogens is 1. The smallest absolute Gasteiger partial charge is 0.328 e. The first-order valence-corrected chi connectivity index (χ1v) is 6.42. The molecule has 1 amide bonds. The van der Waals surface area contributed by atoms with Gasteiger partial charge >= 0.3 is 5.97 Å². The first kappa shape index (κ1) is 12.8. The summed E-state index contributed by atoms with van der Waals surface area (Å²) >= 11 is 0. The van der Waals surface area contributed by atoms with Gasteiger partial charge in [-0.3, -0.25) is 4.79 Å². The molecule has 6 nitrogen and oxygen atoms in total. The van der Waals surface area contributed by atoms with Gasteiger partial charge in [-0.15, -0.1) is 0 Å². The van der Waals surface area contributed by atoms with Gasteiger partial charge in [-0.2, -0.15) is 0 Å². The highest BCUT2D eigenvalue weighted by atomic mass is 16.5. The monoisotopic (exact) mass is 274 g/mol. The Bertz CT molecular complexity index is 603. The van der Waals surface area contributed by atoms with Crippen LogP contribution in [0, 0.1) is 0 Å². The molecule has 1 aromatic rings. The molecule has 0 atom stereocenters. The lowest BCUT2D eigenvalue weighted by molar-refractivity contribution is -0.131. The van der Waals surface area contributed by atoms with E-state index in [-0.39, 0.29) is 5.91 Å². The number of ether oxygens (including phenoxy) is 1. The summed E-state index contributed by atoms with van der Waals surface area (Å²) in [6.45, 7) is 1.09. The fourth-order valence-corrected chi connectivity index (χ4v) is 2.77. The molecule has 1 saturated heterocycles. The Morgan fingerprint density at radius 3 is 2.90 bits per heavy atom. The van der Waals surface area contributed by atoms with Crippen molar-refractivity contribution in [3.05, 3.63) is 29.5 Å². The van der Waals surface area contributed by atoms with Crippen LogP contribution in [0.1, 0.15) is 24.0 Å². The number of rotatable bonds is 2. The quantitative estimate of drug-likeness (QED) is 0.790. The van der Waals surface area contributed by atoms with Crippen molar-refractivity contribution in [2.45, 2.75) is 18.3 Å². The maximum atomic E-state index is 12.3. The summed E-state index contributed by atoms with van der Waals surface area (Å²) < 4.78 is 5.34. The largest absolute Gasteiger partial charge is 0.478 e. The Morgan fingerprint density at radius 1 is 1.45 bits per heavy atom. The molecule has 104 valence electrons. The molecule has 1 aromatic heterocycles. The second kappa shape index (κ2) is 4.72. The second-order valence-corrected chi connectivity index (χ2v) is 4.98. The van der Waals surface area contributed by atoms with Crippen molar-refractivity contribution in [3.63, 3.8) is 0 Å². The van der Waals surface area contributed by atoms with Crippen LogP contribution >= 0.6 is 0 Å². The molecule has 3 heterocycles. The predicted octanol–water partition coefficient (Wildman–Crippen LogP) is 1.18. The van der Waals surface area contributed by atoms with E-state index in [1.165, 1.54) is 6.08 Å². The highest BCUT2D eigenvalue weighted by molar-refractivity contribution is 6.05. The van der Waals surface area contributed by atoms with E-state index in [4.69, 9.17) is 9.84 Å². The zero-order valence-electron chi connectivity index (χ0n) is 10.8. The van der Waals surface area contributed by atoms with Gasteiger partial charge in [0.1, 0.15) is 5.82 Å². The Balaban J connectivity index is 2.01. The average Bonchev–Trinajstić information content (AvgIpc) is 2.70. The van der Waals surface area contributed by atoms with E-state index in [0.29, 0.717) is 37.4 Å². The minimum atomic E-state index is -1.01. The number of nitrogens with one attached hydrogen (secondary N) is 1. The lowest BCUT2D eigenvalue weighted by atomic mass is 9.75. The number of aliphatic carboxylic acids is 1. The summed E-state index contributed by atoms with van der Waals surface area (Å²) in [5.74, 6) is -0.479. The summed E-state index contributed by atoms with van der Waals surface area (Å²) in [7, 11) is 0. The zero-order valence-corrected chi connectivity index (χ0v) is 10.8. The number of amides is 1. The first-order chi connectivity index (χ1) is 9.62. The number of nitrogens with zero attached hydrogens (tertiary/aromatic N) is 1. The molecule has 0 aromatic carbocycles. The highest BCUT2D eigenvalue weighted by Gasteiger charge is 2.48. The predicted molar refractivity (Wildman–Crippen MR) is 71.3 cm³/mol. The number of hydrogen-bond donors (Lipinski definition) is 2. The van der Waals surface area contributed by atoms with E-state index >= 15 is 0 Å². The highest BCUT2D eigenvalue weighted by Crippen LogP contribution is 2.43. The van der Waals surface area contributed by atoms with Crippen molar-refractivity contribution < 1.29 is 19.4 Å². The summed E-state index contributed by atoms with van der Waals surface area (Å²) in [5, 5.41) is 11.5. The van der Waals surface area contributed by atoms with Crippen molar-refractivity contribution in [3.8, 4) is 0 Å². The van der Waals surface area contributed by atoms with Gasteiger partial charge in [0, 0.05) is 31.1 Å². The summed E-state index contributed by atoms with van der Waals surface area (Å²) in [6, 6.07) is 1.84. The Morgan fingerprint density at radius 2 is 2.20 bits per heavy atom. The molecular formula is C14H14N2O4. The molecule has 0 saturated carbocycles. The number of hydrogen-bond acceptors (Lipinski definition) is 4. The zero-order chi connectivity index (χ0) is 14.2. The van der Waals surface area contributed by atoms with Gasteiger partial charge in [-0.25, -0.2) is 9.78 Å². The third-order valence-electron chi connectivity index (χ3n) is 3.86. The van der Waals surface area contributed by atoms with Gasteiger partial charge in [0.2, 0.25) is 5.91 Å². The molecule has 0 aliphatic carbocycles. The minimum absolute atomic E-state index is 0.0392. The molecule has 1 fully saturated rings. The molecule has 0 unspecified atom stereocenters. The van der Waals surface area contributed by atoms with E-state index in [9.17, 15) is 9.59 Å². The summed E-state index contributed by atoms with van der Waals surface area (Å²) in [6.07, 6.45) is 5.34. The van der Waals surface area contributed by atoms with Crippen molar-refractivity contribution in [1.82, 2.24) is 4.98 Å². The van der Waals surface area contributed by atoms with Crippen molar-refractivity contribution in [2.75, 3.05) is 18.5 Å². The number of carbonyl (C=O) groups is 2. The number of pyridine rings is 1. The molecule has 0 radical (unpaired) electrons. The number of anilines is 1. The van der Waals surface area contributed by atoms with E-state index in [1.807, 2.05) is 6.07 Å². The van der Waals surface area contributed by atoms with Crippen LogP contribution in [0.15, 0.2) is 18.3 Å². The first-order valence-electron chi connectivity index (χ1n) is 6.42. The van der Waals surface area contributed by atoms with Crippen molar-refractivity contribution in [2.24, 2.45) is 0 Å². The number of fused-ring (bicyclic) bond motifs is 2. The SMILES string of the molecule is O=C(O)/C=C/c1cnc2c(c1)C1(CCOCC1)C(=O)N2. The third-order valence-corrected chi connectivity index (χ3v) is 3.86. The van der Waals surface area contributed by atoms with E-state index < -0.39 is 11.4 Å². The normalized spacial score (nSPS) is 20.1. The molecule has 0 bridgehead atoms. The summed E-state index contributed by atoms with van der Waals surface area (Å²) in [5.41, 5.74) is 0.944. The van der Waals surface area contributed by atoms with E-state index in [1.54, 1.807) is 6.20 Å². The fourth-order valence-electron chi connectivity index (χ4n) is 2.77. The summed E-state index contributed by atoms with van der Waals surface area (Å²) in [4.78, 5) is 27.1. The van der Waals surface area contributed by atoms with Gasteiger partial charge in [0.15, 0.2) is 0 Å². The standard InChI is InChI=1S/C14H14N2O4/c17-11(18)2-1-9-7-10-12(15-8-9)16-13(19)14(10)3-5-20-6-4-14/h1-2,7-8H,3-6H2,(H,17,18)(H,15,16,19)/b2-1+. The number of carboxylic acid groups (broad SMARTS) is 1. The Hall–Kier alpha value is -2.21. The van der Waals surface area contributed by atoms with Crippen LogP contribution < -0.4 is 5.32 Å². The average molecular weight is 274 g/mol. The van der Waals surface area contributed by atoms with Crippen LogP contribution in [0.4, 0.5) is 5.82 Å². The maximum absolute atomic E-state index is 12.3. The molecule has 2 aliphatic rings. The molecule has 2 N–H and O–H groups in total. The van der Waals surface area contributed by atoms with Gasteiger partial charge in [0.25, 0.3) is 0 Å². The van der Waals surface area contributed by atoms with Crippen LogP contribution in [-0.4, -0.2) is 35.2 Å². The lowest BCUT2D eigenvalue weighted by Gasteiger charge is -2.31. The lowest BCUT2D eigenvalue weighted by Crippen LogP contribution is -2.40. The van der Waals surface area contributed by atoms with Gasteiger partial charge in [0.05, 0.1) is 5.41 Å². The number of carbonyl (C=O) groups excluding carboxylic acids is 1. The topological polar surface area (TPSA) is 88.5 Å². The van der Waals surface area contributed by atoms with Crippen molar-refractivity contribution in [1.29, 1.82) is 0 Å². The van der Waals surface area contributed by atoms with Crippen molar-refractivity contribution >= 4 is 23.8 Å². The molecule has 3 rings (SSSR count). The molecule has 1 spiro atoms. The van der Waals surface area contributed by atoms with Gasteiger partial charge in [-0.1, -0.05) is 0 Å². The maximum Gasteiger partial charge on any atom is 0.328 e. The fraction of sp³-hybridized carbons (Fsp3) is 0.357. The molecule has 2 aliphatic heterocycles. The minimum Gasteiger partial charge on any atom is -0.478 e.